The molecule has 2 rings (SSSR count). The van der Waals surface area contributed by atoms with Crippen molar-refractivity contribution in [3.63, 3.8) is 0 Å². The van der Waals surface area contributed by atoms with Gasteiger partial charge in [0.2, 0.25) is 5.91 Å². The first-order valence-electron chi connectivity index (χ1n) is 10.9. The lowest BCUT2D eigenvalue weighted by molar-refractivity contribution is -0.152. The number of carboxylic acid groups (broad SMARTS) is 1. The Morgan fingerprint density at radius 2 is 1.84 bits per heavy atom. The first-order chi connectivity index (χ1) is 14.4. The SMILES string of the molecule is CCOC(=O)[C@H](CCc1ccccc1)N[C@@H](C)C(=O)N1CCCCCCC1C(=O)O.O. The normalized spacial score (nSPS) is 18.6. The van der Waals surface area contributed by atoms with Crippen LogP contribution in [0.3, 0.4) is 0 Å². The highest BCUT2D eigenvalue weighted by Gasteiger charge is 2.34. The summed E-state index contributed by atoms with van der Waals surface area (Å²) in [4.78, 5) is 38.8. The molecule has 8 heteroatoms. The van der Waals surface area contributed by atoms with E-state index in [0.29, 0.717) is 25.8 Å². The van der Waals surface area contributed by atoms with Gasteiger partial charge in [-0.2, -0.15) is 0 Å². The van der Waals surface area contributed by atoms with Gasteiger partial charge in [0.05, 0.1) is 12.6 Å². The highest BCUT2D eigenvalue weighted by atomic mass is 16.5. The summed E-state index contributed by atoms with van der Waals surface area (Å²) in [7, 11) is 0. The molecule has 0 aromatic heterocycles. The highest BCUT2D eigenvalue weighted by Crippen LogP contribution is 2.18. The number of benzene rings is 1. The maximum absolute atomic E-state index is 13.1. The third kappa shape index (κ3) is 8.30. The largest absolute Gasteiger partial charge is 0.480 e. The molecule has 1 amide bonds. The second-order valence-corrected chi connectivity index (χ2v) is 7.81. The Kier molecular flexibility index (Phi) is 11.8. The van der Waals surface area contributed by atoms with Gasteiger partial charge in [0.25, 0.3) is 0 Å². The summed E-state index contributed by atoms with van der Waals surface area (Å²) < 4.78 is 5.19. The van der Waals surface area contributed by atoms with Gasteiger partial charge in [-0.1, -0.05) is 49.6 Å². The minimum absolute atomic E-state index is 0. The van der Waals surface area contributed by atoms with Gasteiger partial charge in [-0.05, 0) is 45.1 Å². The highest BCUT2D eigenvalue weighted by molar-refractivity contribution is 5.87. The lowest BCUT2D eigenvalue weighted by Crippen LogP contribution is -2.55. The number of likely N-dealkylation sites (tertiary alicyclic amines) is 1. The van der Waals surface area contributed by atoms with Crippen LogP contribution < -0.4 is 5.32 Å². The number of carboxylic acids is 1. The van der Waals surface area contributed by atoms with Crippen LogP contribution >= 0.6 is 0 Å². The predicted molar refractivity (Wildman–Crippen MR) is 118 cm³/mol. The average Bonchev–Trinajstić information content (AvgIpc) is 2.71. The van der Waals surface area contributed by atoms with Crippen molar-refractivity contribution < 1.29 is 29.7 Å². The molecule has 1 aliphatic heterocycles. The fraction of sp³-hybridized carbons (Fsp3) is 0.609. The first kappa shape index (κ1) is 26.6. The van der Waals surface area contributed by atoms with Crippen LogP contribution in [-0.2, 0) is 25.5 Å². The second-order valence-electron chi connectivity index (χ2n) is 7.81. The number of amides is 1. The Morgan fingerprint density at radius 3 is 2.48 bits per heavy atom. The zero-order chi connectivity index (χ0) is 21.9. The molecule has 0 bridgehead atoms. The number of ether oxygens (including phenoxy) is 1. The Morgan fingerprint density at radius 1 is 1.16 bits per heavy atom. The van der Waals surface area contributed by atoms with Crippen LogP contribution in [0.2, 0.25) is 0 Å². The number of aryl methyl sites for hydroxylation is 1. The van der Waals surface area contributed by atoms with Crippen molar-refractivity contribution >= 4 is 17.8 Å². The lowest BCUT2D eigenvalue weighted by atomic mass is 10.0. The van der Waals surface area contributed by atoms with Crippen LogP contribution in [0.5, 0.6) is 0 Å². The van der Waals surface area contributed by atoms with E-state index in [4.69, 9.17) is 4.74 Å². The van der Waals surface area contributed by atoms with Crippen LogP contribution in [0, 0.1) is 0 Å². The minimum atomic E-state index is -0.969. The average molecular weight is 437 g/mol. The predicted octanol–water partition coefficient (Wildman–Crippen LogP) is 1.95. The fourth-order valence-electron chi connectivity index (χ4n) is 3.90. The monoisotopic (exact) mass is 436 g/mol. The maximum Gasteiger partial charge on any atom is 0.326 e. The molecule has 1 heterocycles. The fourth-order valence-corrected chi connectivity index (χ4v) is 3.90. The second kappa shape index (κ2) is 13.8. The number of nitrogens with zero attached hydrogens (tertiary/aromatic N) is 1. The molecule has 1 saturated heterocycles. The van der Waals surface area contributed by atoms with Gasteiger partial charge in [-0.25, -0.2) is 4.79 Å². The molecular weight excluding hydrogens is 400 g/mol. The van der Waals surface area contributed by atoms with Gasteiger partial charge >= 0.3 is 11.9 Å². The maximum atomic E-state index is 13.1. The molecule has 174 valence electrons. The van der Waals surface area contributed by atoms with Crippen LogP contribution in [0.15, 0.2) is 30.3 Å². The van der Waals surface area contributed by atoms with E-state index in [2.05, 4.69) is 5.32 Å². The molecule has 8 nitrogen and oxygen atoms in total. The number of rotatable bonds is 9. The quantitative estimate of drug-likeness (QED) is 0.570. The van der Waals surface area contributed by atoms with E-state index in [0.717, 1.165) is 31.2 Å². The van der Waals surface area contributed by atoms with E-state index >= 15 is 0 Å². The van der Waals surface area contributed by atoms with E-state index in [1.807, 2.05) is 30.3 Å². The van der Waals surface area contributed by atoms with E-state index in [-0.39, 0.29) is 18.0 Å². The number of carbonyl (C=O) groups is 3. The summed E-state index contributed by atoms with van der Waals surface area (Å²) in [5.74, 6) is -1.64. The summed E-state index contributed by atoms with van der Waals surface area (Å²) in [6.07, 6.45) is 5.18. The van der Waals surface area contributed by atoms with Crippen molar-refractivity contribution in [1.82, 2.24) is 10.2 Å². The first-order valence-corrected chi connectivity index (χ1v) is 10.9. The molecule has 31 heavy (non-hydrogen) atoms. The molecule has 4 N–H and O–H groups in total. The molecule has 1 aromatic carbocycles. The van der Waals surface area contributed by atoms with Gasteiger partial charge in [0, 0.05) is 6.54 Å². The van der Waals surface area contributed by atoms with E-state index in [9.17, 15) is 19.5 Å². The molecule has 1 fully saturated rings. The minimum Gasteiger partial charge on any atom is -0.480 e. The zero-order valence-electron chi connectivity index (χ0n) is 18.5. The Hall–Kier alpha value is -2.45. The van der Waals surface area contributed by atoms with Gasteiger partial charge in [0.1, 0.15) is 12.1 Å². The number of hydrogen-bond donors (Lipinski definition) is 2. The molecular formula is C23H36N2O6. The van der Waals surface area contributed by atoms with Crippen molar-refractivity contribution in [3.8, 4) is 0 Å². The Bertz CT molecular complexity index is 697. The van der Waals surface area contributed by atoms with Gasteiger partial charge < -0.3 is 20.2 Å². The third-order valence-corrected chi connectivity index (χ3v) is 5.53. The van der Waals surface area contributed by atoms with Crippen LogP contribution in [-0.4, -0.2) is 64.6 Å². The Balaban J connectivity index is 0.00000480. The number of nitrogens with one attached hydrogen (secondary N) is 1. The van der Waals surface area contributed by atoms with Crippen LogP contribution in [0.25, 0.3) is 0 Å². The van der Waals surface area contributed by atoms with E-state index in [1.54, 1.807) is 13.8 Å². The summed E-state index contributed by atoms with van der Waals surface area (Å²) >= 11 is 0. The van der Waals surface area contributed by atoms with E-state index < -0.39 is 30.1 Å². The van der Waals surface area contributed by atoms with Crippen molar-refractivity contribution in [2.45, 2.75) is 76.9 Å². The molecule has 0 aliphatic carbocycles. The van der Waals surface area contributed by atoms with Crippen LogP contribution in [0.4, 0.5) is 0 Å². The molecule has 1 aromatic rings. The molecule has 0 saturated carbocycles. The topological polar surface area (TPSA) is 127 Å². The van der Waals surface area contributed by atoms with Gasteiger partial charge in [0.15, 0.2) is 0 Å². The van der Waals surface area contributed by atoms with Crippen LogP contribution in [0.1, 0.15) is 57.9 Å². The van der Waals surface area contributed by atoms with Crippen molar-refractivity contribution in [3.05, 3.63) is 35.9 Å². The molecule has 0 spiro atoms. The number of aliphatic carboxylic acids is 1. The zero-order valence-corrected chi connectivity index (χ0v) is 18.5. The van der Waals surface area contributed by atoms with Gasteiger partial charge in [-0.3, -0.25) is 14.9 Å². The molecule has 3 atom stereocenters. The number of hydrogen-bond acceptors (Lipinski definition) is 5. The molecule has 1 aliphatic rings. The van der Waals surface area contributed by atoms with Crippen molar-refractivity contribution in [1.29, 1.82) is 0 Å². The summed E-state index contributed by atoms with van der Waals surface area (Å²) in [5, 5.41) is 12.7. The van der Waals surface area contributed by atoms with Crippen molar-refractivity contribution in [2.75, 3.05) is 13.2 Å². The smallest absolute Gasteiger partial charge is 0.326 e. The van der Waals surface area contributed by atoms with Gasteiger partial charge in [-0.15, -0.1) is 0 Å². The van der Waals surface area contributed by atoms with E-state index in [1.165, 1.54) is 4.90 Å². The molecule has 0 radical (unpaired) electrons. The Labute approximate surface area is 184 Å². The summed E-state index contributed by atoms with van der Waals surface area (Å²) in [6, 6.07) is 7.69. The molecule has 1 unspecified atom stereocenters. The number of carbonyl (C=O) groups excluding carboxylic acids is 2. The van der Waals surface area contributed by atoms with Crippen molar-refractivity contribution in [2.24, 2.45) is 0 Å². The summed E-state index contributed by atoms with van der Waals surface area (Å²) in [6.45, 7) is 4.13. The number of esters is 1. The lowest BCUT2D eigenvalue weighted by Gasteiger charge is -2.34. The summed E-state index contributed by atoms with van der Waals surface area (Å²) in [5.41, 5.74) is 1.10. The standard InChI is InChI=1S/C23H34N2O5.H2O/c1-3-30-23(29)19(15-14-18-11-7-6-8-12-18)24-17(2)21(26)25-16-10-5-4-9-13-20(25)22(27)28;/h6-8,11-12,17,19-20,24H,3-5,9-10,13-16H2,1-2H3,(H,27,28);1H2/t17-,19-,20?;/m0./s1. The third-order valence-electron chi connectivity index (χ3n) is 5.53.